The van der Waals surface area contributed by atoms with Crippen LogP contribution in [0.1, 0.15) is 28.4 Å². The molecule has 0 aliphatic heterocycles. The number of nitrogens with one attached hydrogen (secondary N) is 2. The molecule has 3 aromatic carbocycles. The molecular formula is C24H24N2O4. The van der Waals surface area contributed by atoms with E-state index in [-0.39, 0.29) is 6.61 Å². The number of carbonyl (C=O) groups excluding carboxylic acids is 2. The number of hydrazine groups is 1. The molecular weight excluding hydrogens is 380 g/mol. The van der Waals surface area contributed by atoms with Crippen molar-refractivity contribution in [1.29, 1.82) is 0 Å². The molecule has 154 valence electrons. The number of para-hydroxylation sites is 1. The van der Waals surface area contributed by atoms with E-state index in [9.17, 15) is 9.59 Å². The molecule has 2 amide bonds. The number of ether oxygens (including phenoxy) is 2. The highest BCUT2D eigenvalue weighted by Crippen LogP contribution is 2.21. The summed E-state index contributed by atoms with van der Waals surface area (Å²) in [6.45, 7) is 2.15. The molecule has 0 aromatic heterocycles. The fourth-order valence-corrected chi connectivity index (χ4v) is 2.88. The molecule has 0 spiro atoms. The largest absolute Gasteiger partial charge is 0.494 e. The Labute approximate surface area is 175 Å². The number of hydrogen-bond donors (Lipinski definition) is 2. The number of amides is 2. The average Bonchev–Trinajstić information content (AvgIpc) is 2.78. The predicted molar refractivity (Wildman–Crippen MR) is 114 cm³/mol. The van der Waals surface area contributed by atoms with Crippen LogP contribution in [0.3, 0.4) is 0 Å². The van der Waals surface area contributed by atoms with Crippen LogP contribution in [-0.4, -0.2) is 25.0 Å². The molecule has 0 bridgehead atoms. The fraction of sp³-hybridized carbons (Fsp3) is 0.167. The summed E-state index contributed by atoms with van der Waals surface area (Å²) in [5.41, 5.74) is 7.27. The normalized spacial score (nSPS) is 10.2. The fourth-order valence-electron chi connectivity index (χ4n) is 2.88. The Morgan fingerprint density at radius 3 is 2.40 bits per heavy atom. The number of carbonyl (C=O) groups is 2. The summed E-state index contributed by atoms with van der Waals surface area (Å²) >= 11 is 0. The van der Waals surface area contributed by atoms with Crippen LogP contribution >= 0.6 is 0 Å². The van der Waals surface area contributed by atoms with Crippen LogP contribution in [0.4, 0.5) is 0 Å². The van der Waals surface area contributed by atoms with E-state index < -0.39 is 11.8 Å². The average molecular weight is 404 g/mol. The third-order valence-electron chi connectivity index (χ3n) is 4.29. The van der Waals surface area contributed by atoms with Gasteiger partial charge < -0.3 is 9.47 Å². The van der Waals surface area contributed by atoms with E-state index in [4.69, 9.17) is 9.47 Å². The lowest BCUT2D eigenvalue weighted by Gasteiger charge is -2.12. The Balaban J connectivity index is 1.51. The first-order valence-corrected chi connectivity index (χ1v) is 9.72. The van der Waals surface area contributed by atoms with Gasteiger partial charge in [-0.25, -0.2) is 0 Å². The second-order valence-corrected chi connectivity index (χ2v) is 6.52. The molecule has 0 atom stereocenters. The molecule has 3 rings (SSSR count). The number of benzene rings is 3. The van der Waals surface area contributed by atoms with Gasteiger partial charge in [0.1, 0.15) is 11.5 Å². The highest BCUT2D eigenvalue weighted by Gasteiger charge is 2.10. The van der Waals surface area contributed by atoms with Crippen molar-refractivity contribution in [2.75, 3.05) is 13.2 Å². The standard InChI is InChI=1S/C24H24N2O4/c1-2-29-21-13-8-12-20(16-21)24(28)26-25-23(27)17-30-22-14-7-6-11-19(22)15-18-9-4-3-5-10-18/h3-14,16H,2,15,17H2,1H3,(H,25,27)(H,26,28). The van der Waals surface area contributed by atoms with Gasteiger partial charge in [0.25, 0.3) is 11.8 Å². The van der Waals surface area contributed by atoms with Crippen LogP contribution in [0.2, 0.25) is 0 Å². The van der Waals surface area contributed by atoms with Crippen molar-refractivity contribution in [3.05, 3.63) is 95.6 Å². The van der Waals surface area contributed by atoms with Crippen molar-refractivity contribution in [2.45, 2.75) is 13.3 Å². The van der Waals surface area contributed by atoms with Crippen molar-refractivity contribution in [3.8, 4) is 11.5 Å². The van der Waals surface area contributed by atoms with E-state index >= 15 is 0 Å². The first kappa shape index (κ1) is 20.9. The van der Waals surface area contributed by atoms with Gasteiger partial charge in [-0.05, 0) is 42.3 Å². The minimum Gasteiger partial charge on any atom is -0.494 e. The Hall–Kier alpha value is -3.80. The van der Waals surface area contributed by atoms with Gasteiger partial charge in [0.15, 0.2) is 6.61 Å². The van der Waals surface area contributed by atoms with Crippen LogP contribution in [0.5, 0.6) is 11.5 Å². The Morgan fingerprint density at radius 1 is 0.833 bits per heavy atom. The minimum atomic E-state index is -0.459. The summed E-state index contributed by atoms with van der Waals surface area (Å²) < 4.78 is 11.1. The van der Waals surface area contributed by atoms with E-state index in [2.05, 4.69) is 10.9 Å². The smallest absolute Gasteiger partial charge is 0.276 e. The monoisotopic (exact) mass is 404 g/mol. The molecule has 2 N–H and O–H groups in total. The first-order chi connectivity index (χ1) is 14.7. The predicted octanol–water partition coefficient (Wildman–Crippen LogP) is 3.52. The number of hydrogen-bond acceptors (Lipinski definition) is 4. The van der Waals surface area contributed by atoms with Gasteiger partial charge in [-0.3, -0.25) is 20.4 Å². The van der Waals surface area contributed by atoms with E-state index in [0.29, 0.717) is 30.1 Å². The maximum Gasteiger partial charge on any atom is 0.276 e. The molecule has 0 radical (unpaired) electrons. The summed E-state index contributed by atoms with van der Waals surface area (Å²) in [5, 5.41) is 0. The second kappa shape index (κ2) is 10.7. The minimum absolute atomic E-state index is 0.217. The molecule has 0 saturated heterocycles. The zero-order valence-electron chi connectivity index (χ0n) is 16.8. The van der Waals surface area contributed by atoms with Gasteiger partial charge in [0.2, 0.25) is 0 Å². The van der Waals surface area contributed by atoms with Gasteiger partial charge in [0, 0.05) is 12.0 Å². The van der Waals surface area contributed by atoms with Crippen LogP contribution in [-0.2, 0) is 11.2 Å². The SMILES string of the molecule is CCOc1cccc(C(=O)NNC(=O)COc2ccccc2Cc2ccccc2)c1. The molecule has 0 aliphatic carbocycles. The Morgan fingerprint density at radius 2 is 1.60 bits per heavy atom. The third kappa shape index (κ3) is 6.10. The van der Waals surface area contributed by atoms with E-state index in [1.165, 1.54) is 0 Å². The molecule has 0 heterocycles. The zero-order valence-corrected chi connectivity index (χ0v) is 16.8. The second-order valence-electron chi connectivity index (χ2n) is 6.52. The zero-order chi connectivity index (χ0) is 21.2. The van der Waals surface area contributed by atoms with E-state index in [0.717, 1.165) is 11.1 Å². The molecule has 0 unspecified atom stereocenters. The lowest BCUT2D eigenvalue weighted by Crippen LogP contribution is -2.43. The molecule has 0 fully saturated rings. The van der Waals surface area contributed by atoms with Gasteiger partial charge in [-0.2, -0.15) is 0 Å². The Kier molecular flexibility index (Phi) is 7.44. The molecule has 3 aromatic rings. The lowest BCUT2D eigenvalue weighted by molar-refractivity contribution is -0.123. The van der Waals surface area contributed by atoms with Crippen molar-refractivity contribution < 1.29 is 19.1 Å². The maximum atomic E-state index is 12.2. The highest BCUT2D eigenvalue weighted by atomic mass is 16.5. The van der Waals surface area contributed by atoms with Gasteiger partial charge in [-0.1, -0.05) is 54.6 Å². The van der Waals surface area contributed by atoms with Crippen molar-refractivity contribution >= 4 is 11.8 Å². The van der Waals surface area contributed by atoms with Gasteiger partial charge in [-0.15, -0.1) is 0 Å². The van der Waals surface area contributed by atoms with E-state index in [1.807, 2.05) is 61.5 Å². The highest BCUT2D eigenvalue weighted by molar-refractivity contribution is 5.95. The molecule has 0 saturated carbocycles. The van der Waals surface area contributed by atoms with Crippen molar-refractivity contribution in [2.24, 2.45) is 0 Å². The first-order valence-electron chi connectivity index (χ1n) is 9.72. The van der Waals surface area contributed by atoms with Crippen LogP contribution in [0.25, 0.3) is 0 Å². The lowest BCUT2D eigenvalue weighted by atomic mass is 10.0. The summed E-state index contributed by atoms with van der Waals surface area (Å²) in [7, 11) is 0. The van der Waals surface area contributed by atoms with Crippen molar-refractivity contribution in [1.82, 2.24) is 10.9 Å². The summed E-state index contributed by atoms with van der Waals surface area (Å²) in [6.07, 6.45) is 0.700. The summed E-state index contributed by atoms with van der Waals surface area (Å²) in [6, 6.07) is 24.3. The quantitative estimate of drug-likeness (QED) is 0.563. The Bertz CT molecular complexity index is 989. The summed E-state index contributed by atoms with van der Waals surface area (Å²) in [5.74, 6) is 0.329. The third-order valence-corrected chi connectivity index (χ3v) is 4.29. The van der Waals surface area contributed by atoms with Crippen LogP contribution < -0.4 is 20.3 Å². The van der Waals surface area contributed by atoms with Crippen LogP contribution in [0.15, 0.2) is 78.9 Å². The molecule has 6 heteroatoms. The van der Waals surface area contributed by atoms with Gasteiger partial charge >= 0.3 is 0 Å². The number of rotatable bonds is 8. The molecule has 30 heavy (non-hydrogen) atoms. The van der Waals surface area contributed by atoms with E-state index in [1.54, 1.807) is 24.3 Å². The molecule has 6 nitrogen and oxygen atoms in total. The molecule has 0 aliphatic rings. The summed E-state index contributed by atoms with van der Waals surface area (Å²) in [4.78, 5) is 24.3. The van der Waals surface area contributed by atoms with Gasteiger partial charge in [0.05, 0.1) is 6.61 Å². The maximum absolute atomic E-state index is 12.2. The topological polar surface area (TPSA) is 76.7 Å². The van der Waals surface area contributed by atoms with Crippen LogP contribution in [0, 0.1) is 0 Å². The van der Waals surface area contributed by atoms with Crippen molar-refractivity contribution in [3.63, 3.8) is 0 Å².